The highest BCUT2D eigenvalue weighted by atomic mass is 32.1. The Morgan fingerprint density at radius 2 is 1.19 bits per heavy atom. The number of thiophene rings is 1. The van der Waals surface area contributed by atoms with Crippen LogP contribution in [-0.4, -0.2) is 0 Å². The van der Waals surface area contributed by atoms with E-state index in [1.165, 1.54) is 11.3 Å². The van der Waals surface area contributed by atoms with Gasteiger partial charge in [-0.3, -0.25) is 0 Å². The van der Waals surface area contributed by atoms with Crippen molar-refractivity contribution < 1.29 is 13.7 Å². The van der Waals surface area contributed by atoms with Crippen molar-refractivity contribution in [2.24, 2.45) is 0 Å². The lowest BCUT2D eigenvalue weighted by atomic mass is 9.82. The molecule has 5 aromatic rings. The monoisotopic (exact) mass is 499 g/mol. The van der Waals surface area contributed by atoms with Crippen molar-refractivity contribution in [3.63, 3.8) is 0 Å². The molecule has 1 heterocycles. The number of hydrogen-bond acceptors (Lipinski definition) is 2. The molecule has 0 unspecified atom stereocenters. The predicted molar refractivity (Wildman–Crippen MR) is 160 cm³/mol. The van der Waals surface area contributed by atoms with Crippen LogP contribution in [0.1, 0.15) is 66.4 Å². The van der Waals surface area contributed by atoms with E-state index in [2.05, 4.69) is 38.2 Å². The van der Waals surface area contributed by atoms with E-state index in [9.17, 15) is 0 Å². The third kappa shape index (κ3) is 4.83. The van der Waals surface area contributed by atoms with Crippen LogP contribution in [0, 0.1) is 0 Å². The van der Waals surface area contributed by atoms with E-state index in [1.807, 2.05) is 32.2 Å². The SMILES string of the molecule is [2H]c1c([2H])c([2H])c(-c2cc(C(C)(C)C)cc(-c3c([2H])c([2H])c([2H])c([2H])c3[2H])c2Nc2csc3ccc(C(C)(C)C)cc23)c([2H])c1[2H]. The highest BCUT2D eigenvalue weighted by molar-refractivity contribution is 7.17. The minimum absolute atomic E-state index is 0.0527. The Bertz CT molecular complexity index is 1900. The minimum Gasteiger partial charge on any atom is -0.353 e. The fraction of sp³-hybridized carbons (Fsp3) is 0.235. The summed E-state index contributed by atoms with van der Waals surface area (Å²) in [6, 6.07) is 5.09. The van der Waals surface area contributed by atoms with Gasteiger partial charge in [0.15, 0.2) is 0 Å². The molecule has 4 aromatic carbocycles. The molecule has 0 radical (unpaired) electrons. The molecule has 182 valence electrons. The molecular weight excluding hydrogens is 454 g/mol. The molecule has 0 amide bonds. The first kappa shape index (κ1) is 15.0. The highest BCUT2D eigenvalue weighted by Gasteiger charge is 2.22. The number of hydrogen-bond donors (Lipinski definition) is 1. The van der Waals surface area contributed by atoms with Gasteiger partial charge in [-0.25, -0.2) is 0 Å². The van der Waals surface area contributed by atoms with Gasteiger partial charge < -0.3 is 5.32 Å². The maximum Gasteiger partial charge on any atom is 0.0629 e. The van der Waals surface area contributed by atoms with E-state index in [-0.39, 0.29) is 33.4 Å². The summed E-state index contributed by atoms with van der Waals surface area (Å²) in [5, 5.41) is 6.30. The Morgan fingerprint density at radius 3 is 1.69 bits per heavy atom. The first-order chi connectivity index (χ1) is 21.2. The van der Waals surface area contributed by atoms with Crippen LogP contribution in [0.15, 0.2) is 96.1 Å². The normalized spacial score (nSPS) is 16.1. The Hall–Kier alpha value is -3.36. The summed E-state index contributed by atoms with van der Waals surface area (Å²) in [4.78, 5) is 0. The molecule has 0 aliphatic carbocycles. The summed E-state index contributed by atoms with van der Waals surface area (Å²) in [6.45, 7) is 12.2. The van der Waals surface area contributed by atoms with E-state index in [0.29, 0.717) is 11.3 Å². The third-order valence-electron chi connectivity index (χ3n) is 6.24. The largest absolute Gasteiger partial charge is 0.353 e. The van der Waals surface area contributed by atoms with Crippen molar-refractivity contribution in [1.82, 2.24) is 0 Å². The average Bonchev–Trinajstić information content (AvgIpc) is 3.39. The van der Waals surface area contributed by atoms with Crippen LogP contribution in [0.3, 0.4) is 0 Å². The van der Waals surface area contributed by atoms with Crippen molar-refractivity contribution in [2.45, 2.75) is 52.4 Å². The van der Waals surface area contributed by atoms with Crippen molar-refractivity contribution in [3.8, 4) is 22.3 Å². The second-order valence-corrected chi connectivity index (χ2v) is 11.8. The van der Waals surface area contributed by atoms with Gasteiger partial charge in [-0.1, -0.05) is 108 Å². The Kier molecular flexibility index (Phi) is 3.86. The molecule has 2 heteroatoms. The van der Waals surface area contributed by atoms with E-state index in [0.717, 1.165) is 15.6 Å². The number of fused-ring (bicyclic) bond motifs is 1. The summed E-state index contributed by atoms with van der Waals surface area (Å²) in [5.41, 5.74) is 2.48. The topological polar surface area (TPSA) is 12.0 Å². The second kappa shape index (κ2) is 9.26. The molecule has 36 heavy (non-hydrogen) atoms. The molecule has 0 aliphatic heterocycles. The van der Waals surface area contributed by atoms with E-state index < -0.39 is 65.8 Å². The number of nitrogens with one attached hydrogen (secondary N) is 1. The van der Waals surface area contributed by atoms with Gasteiger partial charge in [0.25, 0.3) is 0 Å². The molecule has 0 aliphatic rings. The fourth-order valence-corrected chi connectivity index (χ4v) is 4.97. The lowest BCUT2D eigenvalue weighted by Gasteiger charge is -2.25. The maximum atomic E-state index is 8.87. The highest BCUT2D eigenvalue weighted by Crippen LogP contribution is 2.44. The van der Waals surface area contributed by atoms with Gasteiger partial charge in [0.2, 0.25) is 0 Å². The van der Waals surface area contributed by atoms with E-state index in [4.69, 9.17) is 13.7 Å². The van der Waals surface area contributed by atoms with Crippen molar-refractivity contribution in [2.75, 3.05) is 5.32 Å². The van der Waals surface area contributed by atoms with Crippen molar-refractivity contribution in [3.05, 3.63) is 107 Å². The van der Waals surface area contributed by atoms with Crippen LogP contribution >= 0.6 is 11.3 Å². The summed E-state index contributed by atoms with van der Waals surface area (Å²) >= 11 is 1.51. The van der Waals surface area contributed by atoms with Crippen molar-refractivity contribution >= 4 is 32.8 Å². The molecule has 0 saturated carbocycles. The molecule has 5 rings (SSSR count). The van der Waals surface area contributed by atoms with Gasteiger partial charge in [0.05, 0.1) is 25.1 Å². The van der Waals surface area contributed by atoms with Crippen LogP contribution in [-0.2, 0) is 10.8 Å². The smallest absolute Gasteiger partial charge is 0.0629 e. The maximum absolute atomic E-state index is 8.87. The molecule has 0 spiro atoms. The number of rotatable bonds is 4. The molecule has 0 saturated heterocycles. The number of benzene rings is 4. The molecule has 1 N–H and O–H groups in total. The lowest BCUT2D eigenvalue weighted by Crippen LogP contribution is -2.12. The Morgan fingerprint density at radius 1 is 0.667 bits per heavy atom. The predicted octanol–water partition coefficient (Wildman–Crippen LogP) is 10.6. The first-order valence-corrected chi connectivity index (χ1v) is 12.8. The first-order valence-electron chi connectivity index (χ1n) is 16.9. The minimum atomic E-state index is -0.528. The van der Waals surface area contributed by atoms with Gasteiger partial charge in [-0.2, -0.15) is 0 Å². The average molecular weight is 500 g/mol. The van der Waals surface area contributed by atoms with E-state index >= 15 is 0 Å². The summed E-state index contributed by atoms with van der Waals surface area (Å²) in [5.74, 6) is 0. The molecule has 0 atom stereocenters. The summed E-state index contributed by atoms with van der Waals surface area (Å²) in [7, 11) is 0. The van der Waals surface area contributed by atoms with Crippen LogP contribution in [0.5, 0.6) is 0 Å². The summed E-state index contributed by atoms with van der Waals surface area (Å²) in [6.07, 6.45) is 0. The molecule has 1 nitrogen and oxygen atoms in total. The van der Waals surface area contributed by atoms with Gasteiger partial charge in [-0.05, 0) is 57.3 Å². The zero-order valence-corrected chi connectivity index (χ0v) is 22.2. The molecule has 0 bridgehead atoms. The summed E-state index contributed by atoms with van der Waals surface area (Å²) < 4.78 is 86.6. The molecule has 0 fully saturated rings. The second-order valence-electron chi connectivity index (χ2n) is 10.9. The fourth-order valence-electron chi connectivity index (χ4n) is 4.10. The standard InChI is InChI=1S/C34H35NS/c1-33(2,3)25-17-18-31-29(19-25)30(22-36-31)35-32-27(23-13-9-7-10-14-23)20-26(34(4,5)6)21-28(32)24-15-11-8-12-16-24/h7-22,35H,1-6H3/i7D,8D,9D,10D,11D,12D,13D,14D,15D,16D. The van der Waals surface area contributed by atoms with Crippen molar-refractivity contribution in [1.29, 1.82) is 0 Å². The van der Waals surface area contributed by atoms with E-state index in [1.54, 1.807) is 12.1 Å². The zero-order valence-electron chi connectivity index (χ0n) is 31.4. The van der Waals surface area contributed by atoms with Crippen LogP contribution in [0.2, 0.25) is 0 Å². The lowest BCUT2D eigenvalue weighted by molar-refractivity contribution is 0.590. The van der Waals surface area contributed by atoms with Gasteiger partial charge >= 0.3 is 0 Å². The molecular formula is C34H35NS. The van der Waals surface area contributed by atoms with Crippen LogP contribution in [0.4, 0.5) is 11.4 Å². The Balaban J connectivity index is 1.98. The Labute approximate surface area is 233 Å². The van der Waals surface area contributed by atoms with Gasteiger partial charge in [-0.15, -0.1) is 11.3 Å². The third-order valence-corrected chi connectivity index (χ3v) is 7.21. The van der Waals surface area contributed by atoms with Gasteiger partial charge in [0.1, 0.15) is 0 Å². The zero-order chi connectivity index (χ0) is 34.2. The van der Waals surface area contributed by atoms with Crippen LogP contribution in [0.25, 0.3) is 32.3 Å². The van der Waals surface area contributed by atoms with Gasteiger partial charge in [0, 0.05) is 26.6 Å². The quantitative estimate of drug-likeness (QED) is 0.259. The molecule has 1 aromatic heterocycles. The number of anilines is 2. The van der Waals surface area contributed by atoms with Crippen LogP contribution < -0.4 is 5.32 Å².